The molecule has 0 saturated heterocycles. The van der Waals surface area contributed by atoms with Gasteiger partial charge in [0.2, 0.25) is 0 Å². The molecule has 2 unspecified atom stereocenters. The third kappa shape index (κ3) is 5.64. The fourth-order valence-electron chi connectivity index (χ4n) is 2.51. The van der Waals surface area contributed by atoms with Gasteiger partial charge in [0.1, 0.15) is 0 Å². The number of hydrogen-bond acceptors (Lipinski definition) is 2. The number of hydrogen-bond donors (Lipinski definition) is 1. The second-order valence-electron chi connectivity index (χ2n) is 5.96. The molecule has 0 amide bonds. The van der Waals surface area contributed by atoms with Crippen molar-refractivity contribution in [2.75, 3.05) is 19.6 Å². The average molecular weight is 276 g/mol. The van der Waals surface area contributed by atoms with E-state index in [1.807, 2.05) is 0 Å². The monoisotopic (exact) mass is 276 g/mol. The highest BCUT2D eigenvalue weighted by Gasteiger charge is 2.13. The van der Waals surface area contributed by atoms with E-state index < -0.39 is 0 Å². The minimum absolute atomic E-state index is 0.120. The molecule has 0 bridgehead atoms. The number of aryl methyl sites for hydroxylation is 1. The molecule has 2 N–H and O–H groups in total. The maximum Gasteiger partial charge on any atom is 0.0424 e. The lowest BCUT2D eigenvalue weighted by molar-refractivity contribution is 0.232. The molecule has 2 heteroatoms. The van der Waals surface area contributed by atoms with Crippen molar-refractivity contribution in [2.45, 2.75) is 53.0 Å². The number of benzene rings is 1. The molecule has 0 aromatic heterocycles. The van der Waals surface area contributed by atoms with Gasteiger partial charge in [0.15, 0.2) is 0 Å². The van der Waals surface area contributed by atoms with E-state index in [0.29, 0.717) is 0 Å². The topological polar surface area (TPSA) is 29.3 Å². The minimum Gasteiger partial charge on any atom is -0.323 e. The molecule has 0 aliphatic carbocycles. The summed E-state index contributed by atoms with van der Waals surface area (Å²) in [4.78, 5) is 2.47. The zero-order valence-electron chi connectivity index (χ0n) is 13.7. The molecule has 0 spiro atoms. The first-order chi connectivity index (χ1) is 9.60. The highest BCUT2D eigenvalue weighted by atomic mass is 15.1. The number of nitrogens with zero attached hydrogens (tertiary/aromatic N) is 1. The van der Waals surface area contributed by atoms with Gasteiger partial charge >= 0.3 is 0 Å². The quantitative estimate of drug-likeness (QED) is 0.738. The molecule has 0 aliphatic heterocycles. The second kappa shape index (κ2) is 9.15. The van der Waals surface area contributed by atoms with Gasteiger partial charge < -0.3 is 10.6 Å². The third-order valence-corrected chi connectivity index (χ3v) is 4.12. The number of likely N-dealkylation sites (N-methyl/N-ethyl adjacent to an activating group) is 1. The van der Waals surface area contributed by atoms with Crippen molar-refractivity contribution < 1.29 is 0 Å². The van der Waals surface area contributed by atoms with Crippen LogP contribution in [-0.4, -0.2) is 24.5 Å². The molecular weight excluding hydrogens is 244 g/mol. The van der Waals surface area contributed by atoms with E-state index in [0.717, 1.165) is 32.0 Å². The van der Waals surface area contributed by atoms with E-state index in [-0.39, 0.29) is 6.04 Å². The van der Waals surface area contributed by atoms with Crippen molar-refractivity contribution in [1.29, 1.82) is 0 Å². The highest BCUT2D eigenvalue weighted by molar-refractivity contribution is 5.25. The van der Waals surface area contributed by atoms with Crippen molar-refractivity contribution in [3.8, 4) is 0 Å². The smallest absolute Gasteiger partial charge is 0.0424 e. The minimum atomic E-state index is 0.120. The molecule has 114 valence electrons. The summed E-state index contributed by atoms with van der Waals surface area (Å²) in [6.45, 7) is 12.2. The predicted octanol–water partition coefficient (Wildman–Crippen LogP) is 4.01. The van der Waals surface area contributed by atoms with Gasteiger partial charge in [-0.15, -0.1) is 0 Å². The molecule has 0 fully saturated rings. The van der Waals surface area contributed by atoms with E-state index in [1.54, 1.807) is 0 Å². The Morgan fingerprint density at radius 2 is 1.70 bits per heavy atom. The Hall–Kier alpha value is -0.860. The van der Waals surface area contributed by atoms with Crippen molar-refractivity contribution in [1.82, 2.24) is 4.90 Å². The predicted molar refractivity (Wildman–Crippen MR) is 88.9 cm³/mol. The Labute approximate surface area is 125 Å². The van der Waals surface area contributed by atoms with Crippen LogP contribution in [-0.2, 0) is 6.42 Å². The molecule has 0 saturated carbocycles. The fraction of sp³-hybridized carbons (Fsp3) is 0.667. The molecule has 0 heterocycles. The summed E-state index contributed by atoms with van der Waals surface area (Å²) in [7, 11) is 0. The lowest BCUT2D eigenvalue weighted by Crippen LogP contribution is -2.35. The summed E-state index contributed by atoms with van der Waals surface area (Å²) in [6.07, 6.45) is 3.59. The Balaban J connectivity index is 2.57. The first-order valence-electron chi connectivity index (χ1n) is 8.17. The maximum atomic E-state index is 6.37. The molecule has 2 nitrogen and oxygen atoms in total. The number of nitrogens with two attached hydrogens (primary N) is 1. The lowest BCUT2D eigenvalue weighted by Gasteiger charge is -2.27. The van der Waals surface area contributed by atoms with Crippen molar-refractivity contribution in [3.63, 3.8) is 0 Å². The summed E-state index contributed by atoms with van der Waals surface area (Å²) >= 11 is 0. The summed E-state index contributed by atoms with van der Waals surface area (Å²) < 4.78 is 0. The van der Waals surface area contributed by atoms with Crippen LogP contribution in [0.3, 0.4) is 0 Å². The standard InChI is InChI=1S/C18H32N2/c1-5-8-16-9-11-17(12-10-16)18(19)14-20(7-3)13-15(4)6-2/h9-12,15,18H,5-8,13-14,19H2,1-4H3. The van der Waals surface area contributed by atoms with Gasteiger partial charge in [0.25, 0.3) is 0 Å². The summed E-state index contributed by atoms with van der Waals surface area (Å²) in [5, 5.41) is 0. The van der Waals surface area contributed by atoms with Gasteiger partial charge in [-0.05, 0) is 30.0 Å². The average Bonchev–Trinajstić information content (AvgIpc) is 2.47. The lowest BCUT2D eigenvalue weighted by atomic mass is 10.0. The zero-order chi connectivity index (χ0) is 15.0. The van der Waals surface area contributed by atoms with Crippen LogP contribution in [0.4, 0.5) is 0 Å². The van der Waals surface area contributed by atoms with Crippen LogP contribution in [0.2, 0.25) is 0 Å². The Morgan fingerprint density at radius 3 is 2.20 bits per heavy atom. The van der Waals surface area contributed by atoms with Crippen LogP contribution in [0, 0.1) is 5.92 Å². The molecule has 0 aliphatic rings. The normalized spacial score (nSPS) is 14.5. The van der Waals surface area contributed by atoms with Crippen LogP contribution < -0.4 is 5.73 Å². The summed E-state index contributed by atoms with van der Waals surface area (Å²) in [5.41, 5.74) is 9.04. The van der Waals surface area contributed by atoms with E-state index in [4.69, 9.17) is 5.73 Å². The molecule has 20 heavy (non-hydrogen) atoms. The molecule has 1 aromatic carbocycles. The maximum absolute atomic E-state index is 6.37. The zero-order valence-corrected chi connectivity index (χ0v) is 13.7. The van der Waals surface area contributed by atoms with Crippen LogP contribution in [0.1, 0.15) is 57.7 Å². The molecule has 1 rings (SSSR count). The Bertz CT molecular complexity index is 358. The summed E-state index contributed by atoms with van der Waals surface area (Å²) in [6, 6.07) is 8.97. The van der Waals surface area contributed by atoms with Crippen LogP contribution in [0.5, 0.6) is 0 Å². The summed E-state index contributed by atoms with van der Waals surface area (Å²) in [5.74, 6) is 0.745. The molecule has 1 aromatic rings. The van der Waals surface area contributed by atoms with E-state index in [1.165, 1.54) is 24.0 Å². The van der Waals surface area contributed by atoms with Gasteiger partial charge in [-0.3, -0.25) is 0 Å². The molecule has 0 radical (unpaired) electrons. The van der Waals surface area contributed by atoms with E-state index >= 15 is 0 Å². The van der Waals surface area contributed by atoms with Gasteiger partial charge in [0, 0.05) is 19.1 Å². The Kier molecular flexibility index (Phi) is 7.86. The molecular formula is C18H32N2. The first kappa shape index (κ1) is 17.2. The van der Waals surface area contributed by atoms with Crippen LogP contribution >= 0.6 is 0 Å². The van der Waals surface area contributed by atoms with Gasteiger partial charge in [-0.2, -0.15) is 0 Å². The van der Waals surface area contributed by atoms with Gasteiger partial charge in [0.05, 0.1) is 0 Å². The van der Waals surface area contributed by atoms with E-state index in [2.05, 4.69) is 56.9 Å². The van der Waals surface area contributed by atoms with Crippen molar-refractivity contribution in [3.05, 3.63) is 35.4 Å². The fourth-order valence-corrected chi connectivity index (χ4v) is 2.51. The van der Waals surface area contributed by atoms with Gasteiger partial charge in [-0.25, -0.2) is 0 Å². The second-order valence-corrected chi connectivity index (χ2v) is 5.96. The van der Waals surface area contributed by atoms with Crippen molar-refractivity contribution >= 4 is 0 Å². The first-order valence-corrected chi connectivity index (χ1v) is 8.17. The largest absolute Gasteiger partial charge is 0.323 e. The van der Waals surface area contributed by atoms with Crippen molar-refractivity contribution in [2.24, 2.45) is 11.7 Å². The highest BCUT2D eigenvalue weighted by Crippen LogP contribution is 2.15. The van der Waals surface area contributed by atoms with Gasteiger partial charge in [-0.1, -0.05) is 64.8 Å². The van der Waals surface area contributed by atoms with Crippen LogP contribution in [0.15, 0.2) is 24.3 Å². The molecule has 2 atom stereocenters. The Morgan fingerprint density at radius 1 is 1.05 bits per heavy atom. The SMILES string of the molecule is CCCc1ccc(C(N)CN(CC)CC(C)CC)cc1. The van der Waals surface area contributed by atoms with Crippen LogP contribution in [0.25, 0.3) is 0 Å². The third-order valence-electron chi connectivity index (χ3n) is 4.12. The number of rotatable bonds is 9. The van der Waals surface area contributed by atoms with E-state index in [9.17, 15) is 0 Å².